The molecular formula is C21H28FN3O3S. The van der Waals surface area contributed by atoms with Gasteiger partial charge in [-0.3, -0.25) is 4.79 Å². The Labute approximate surface area is 173 Å². The zero-order chi connectivity index (χ0) is 20.2. The number of fused-ring (bicyclic) bond motifs is 1. The van der Waals surface area contributed by atoms with E-state index in [1.165, 1.54) is 6.07 Å². The Morgan fingerprint density at radius 3 is 2.72 bits per heavy atom. The van der Waals surface area contributed by atoms with Crippen LogP contribution in [0.4, 0.5) is 4.39 Å². The molecule has 29 heavy (non-hydrogen) atoms. The van der Waals surface area contributed by atoms with E-state index in [4.69, 9.17) is 15.2 Å². The molecule has 2 heterocycles. The second kappa shape index (κ2) is 9.45. The Kier molecular flexibility index (Phi) is 6.72. The van der Waals surface area contributed by atoms with Crippen LogP contribution >= 0.6 is 11.8 Å². The zero-order valence-corrected chi connectivity index (χ0v) is 17.3. The van der Waals surface area contributed by atoms with Gasteiger partial charge >= 0.3 is 0 Å². The highest BCUT2D eigenvalue weighted by atomic mass is 32.2. The van der Waals surface area contributed by atoms with Crippen LogP contribution < -0.4 is 16.0 Å². The van der Waals surface area contributed by atoms with Gasteiger partial charge in [-0.1, -0.05) is 0 Å². The van der Waals surface area contributed by atoms with Crippen molar-refractivity contribution in [3.8, 4) is 5.75 Å². The molecule has 1 saturated carbocycles. The molecule has 0 bridgehead atoms. The lowest BCUT2D eigenvalue weighted by Crippen LogP contribution is -2.27. The van der Waals surface area contributed by atoms with E-state index in [0.29, 0.717) is 46.7 Å². The van der Waals surface area contributed by atoms with E-state index in [-0.39, 0.29) is 5.39 Å². The van der Waals surface area contributed by atoms with Crippen molar-refractivity contribution in [2.45, 2.75) is 55.6 Å². The van der Waals surface area contributed by atoms with Crippen molar-refractivity contribution >= 4 is 22.7 Å². The van der Waals surface area contributed by atoms with Gasteiger partial charge in [-0.2, -0.15) is 11.8 Å². The van der Waals surface area contributed by atoms with Gasteiger partial charge in [-0.05, 0) is 44.4 Å². The molecule has 1 saturated heterocycles. The number of ether oxygens (including phenoxy) is 2. The van der Waals surface area contributed by atoms with Crippen molar-refractivity contribution in [2.75, 3.05) is 19.8 Å². The van der Waals surface area contributed by atoms with Crippen molar-refractivity contribution < 1.29 is 13.9 Å². The standard InChI is InChI=1S/C21H28FN3O3S/c22-17-9-15(28-11-13-5-7-27-8-6-13)10-18-20(17)21(26)25-19(24-18)12-29-16-3-1-14(23)2-4-16/h9-10,13-14,16H,1-8,11-12,23H2,(H,24,25,26). The molecular weight excluding hydrogens is 393 g/mol. The zero-order valence-electron chi connectivity index (χ0n) is 16.5. The Morgan fingerprint density at radius 2 is 1.97 bits per heavy atom. The number of aromatic amines is 1. The maximum Gasteiger partial charge on any atom is 0.261 e. The molecule has 1 aliphatic heterocycles. The minimum atomic E-state index is -0.598. The molecule has 4 rings (SSSR count). The first-order valence-corrected chi connectivity index (χ1v) is 11.4. The van der Waals surface area contributed by atoms with Crippen LogP contribution in [0.25, 0.3) is 10.9 Å². The normalized spacial score (nSPS) is 23.4. The van der Waals surface area contributed by atoms with E-state index in [9.17, 15) is 9.18 Å². The predicted molar refractivity (Wildman–Crippen MR) is 113 cm³/mol. The molecule has 3 N–H and O–H groups in total. The Morgan fingerprint density at radius 1 is 1.21 bits per heavy atom. The van der Waals surface area contributed by atoms with Gasteiger partial charge in [0.1, 0.15) is 22.8 Å². The van der Waals surface area contributed by atoms with Gasteiger partial charge in [0.25, 0.3) is 5.56 Å². The van der Waals surface area contributed by atoms with Gasteiger partial charge in [0.05, 0.1) is 17.9 Å². The molecule has 6 nitrogen and oxygen atoms in total. The summed E-state index contributed by atoms with van der Waals surface area (Å²) in [6, 6.07) is 3.26. The molecule has 0 unspecified atom stereocenters. The number of nitrogens with zero attached hydrogens (tertiary/aromatic N) is 1. The minimum absolute atomic E-state index is 0.0131. The number of benzene rings is 1. The summed E-state index contributed by atoms with van der Waals surface area (Å²) in [4.78, 5) is 19.7. The van der Waals surface area contributed by atoms with Crippen molar-refractivity contribution in [1.82, 2.24) is 9.97 Å². The van der Waals surface area contributed by atoms with E-state index in [0.717, 1.165) is 51.7 Å². The number of thioether (sulfide) groups is 1. The van der Waals surface area contributed by atoms with Crippen molar-refractivity contribution in [3.05, 3.63) is 34.1 Å². The van der Waals surface area contributed by atoms with Crippen molar-refractivity contribution in [3.63, 3.8) is 0 Å². The van der Waals surface area contributed by atoms with E-state index in [2.05, 4.69) is 9.97 Å². The van der Waals surface area contributed by atoms with Crippen LogP contribution in [0.3, 0.4) is 0 Å². The van der Waals surface area contributed by atoms with Gasteiger partial charge < -0.3 is 20.2 Å². The Balaban J connectivity index is 1.46. The summed E-state index contributed by atoms with van der Waals surface area (Å²) >= 11 is 1.78. The van der Waals surface area contributed by atoms with Gasteiger partial charge in [0, 0.05) is 36.6 Å². The molecule has 0 radical (unpaired) electrons. The van der Waals surface area contributed by atoms with Crippen LogP contribution in [0.1, 0.15) is 44.3 Å². The number of aromatic nitrogens is 2. The van der Waals surface area contributed by atoms with Crippen LogP contribution in [0.2, 0.25) is 0 Å². The summed E-state index contributed by atoms with van der Waals surface area (Å²) in [5, 5.41) is 0.516. The summed E-state index contributed by atoms with van der Waals surface area (Å²) in [6.07, 6.45) is 6.14. The number of hydrogen-bond donors (Lipinski definition) is 2. The fourth-order valence-corrected chi connectivity index (χ4v) is 5.11. The van der Waals surface area contributed by atoms with Crippen LogP contribution in [0, 0.1) is 11.7 Å². The lowest BCUT2D eigenvalue weighted by molar-refractivity contribution is 0.0497. The van der Waals surface area contributed by atoms with E-state index in [1.807, 2.05) is 0 Å². The number of halogens is 1. The summed E-state index contributed by atoms with van der Waals surface area (Å²) in [6.45, 7) is 2.00. The number of hydrogen-bond acceptors (Lipinski definition) is 6. The van der Waals surface area contributed by atoms with Gasteiger partial charge in [0.2, 0.25) is 0 Å². The average molecular weight is 422 g/mol. The smallest absolute Gasteiger partial charge is 0.261 e. The quantitative estimate of drug-likeness (QED) is 0.743. The molecule has 2 aliphatic rings. The lowest BCUT2D eigenvalue weighted by Gasteiger charge is -2.25. The summed E-state index contributed by atoms with van der Waals surface area (Å²) in [7, 11) is 0. The molecule has 1 aliphatic carbocycles. The highest BCUT2D eigenvalue weighted by Gasteiger charge is 2.20. The molecule has 2 fully saturated rings. The fourth-order valence-electron chi connectivity index (χ4n) is 3.98. The average Bonchev–Trinajstić information content (AvgIpc) is 2.72. The second-order valence-electron chi connectivity index (χ2n) is 8.03. The topological polar surface area (TPSA) is 90.2 Å². The van der Waals surface area contributed by atoms with Crippen molar-refractivity contribution in [1.29, 1.82) is 0 Å². The SMILES string of the molecule is NC1CCC(SCc2nc3cc(OCC4CCOCC4)cc(F)c3c(=O)[nH]2)CC1. The van der Waals surface area contributed by atoms with E-state index >= 15 is 0 Å². The van der Waals surface area contributed by atoms with Crippen LogP contribution in [-0.4, -0.2) is 41.1 Å². The first-order valence-electron chi connectivity index (χ1n) is 10.4. The maximum absolute atomic E-state index is 14.5. The number of nitrogens with one attached hydrogen (secondary N) is 1. The molecule has 0 amide bonds. The van der Waals surface area contributed by atoms with Crippen LogP contribution in [-0.2, 0) is 10.5 Å². The third-order valence-electron chi connectivity index (χ3n) is 5.78. The second-order valence-corrected chi connectivity index (χ2v) is 9.32. The van der Waals surface area contributed by atoms with Crippen LogP contribution in [0.5, 0.6) is 5.75 Å². The number of H-pyrrole nitrogens is 1. The summed E-state index contributed by atoms with van der Waals surface area (Å²) in [5.74, 6) is 1.39. The van der Waals surface area contributed by atoms with Gasteiger partial charge in [-0.15, -0.1) is 0 Å². The molecule has 1 aromatic carbocycles. The Bertz CT molecular complexity index is 893. The first-order chi connectivity index (χ1) is 14.1. The number of rotatable bonds is 6. The lowest BCUT2D eigenvalue weighted by atomic mass is 9.96. The summed E-state index contributed by atoms with van der Waals surface area (Å²) < 4.78 is 25.7. The molecule has 2 aromatic rings. The Hall–Kier alpha value is -1.64. The van der Waals surface area contributed by atoms with Gasteiger partial charge in [-0.25, -0.2) is 9.37 Å². The highest BCUT2D eigenvalue weighted by Crippen LogP contribution is 2.30. The van der Waals surface area contributed by atoms with E-state index < -0.39 is 11.4 Å². The minimum Gasteiger partial charge on any atom is -0.493 e. The number of nitrogens with two attached hydrogens (primary N) is 1. The molecule has 1 aromatic heterocycles. The van der Waals surface area contributed by atoms with Crippen molar-refractivity contribution in [2.24, 2.45) is 11.7 Å². The molecule has 0 atom stereocenters. The third-order valence-corrected chi connectivity index (χ3v) is 7.17. The maximum atomic E-state index is 14.5. The third kappa shape index (κ3) is 5.29. The molecule has 0 spiro atoms. The first kappa shape index (κ1) is 20.6. The van der Waals surface area contributed by atoms with E-state index in [1.54, 1.807) is 17.8 Å². The molecule has 8 heteroatoms. The predicted octanol–water partition coefficient (Wildman–Crippen LogP) is 3.37. The van der Waals surface area contributed by atoms with Crippen LogP contribution in [0.15, 0.2) is 16.9 Å². The van der Waals surface area contributed by atoms with Gasteiger partial charge in [0.15, 0.2) is 0 Å². The monoisotopic (exact) mass is 421 g/mol. The largest absolute Gasteiger partial charge is 0.493 e. The summed E-state index contributed by atoms with van der Waals surface area (Å²) in [5.41, 5.74) is 5.87. The fraction of sp³-hybridized carbons (Fsp3) is 0.619. The highest BCUT2D eigenvalue weighted by molar-refractivity contribution is 7.99. The molecule has 158 valence electrons.